The SMILES string of the molecule is O=C(Cc1cnc[nH]1)C(c1ccccc1)(c1ccccc1)c1ccccc1. The number of H-pyrrole nitrogens is 1. The number of Topliss-reactive ketones (excluding diaryl/α,β-unsaturated/α-hetero) is 1. The van der Waals surface area contributed by atoms with Gasteiger partial charge in [-0.1, -0.05) is 91.0 Å². The maximum absolute atomic E-state index is 13.9. The highest BCUT2D eigenvalue weighted by atomic mass is 16.1. The summed E-state index contributed by atoms with van der Waals surface area (Å²) in [6, 6.07) is 30.0. The summed E-state index contributed by atoms with van der Waals surface area (Å²) in [6.45, 7) is 0. The van der Waals surface area contributed by atoms with Crippen LogP contribution >= 0.6 is 0 Å². The van der Waals surface area contributed by atoms with Crippen molar-refractivity contribution in [1.82, 2.24) is 9.97 Å². The van der Waals surface area contributed by atoms with Crippen LogP contribution in [0.15, 0.2) is 104 Å². The van der Waals surface area contributed by atoms with Crippen molar-refractivity contribution in [2.75, 3.05) is 0 Å². The Balaban J connectivity index is 1.99. The molecule has 0 atom stereocenters. The summed E-state index contributed by atoms with van der Waals surface area (Å²) in [4.78, 5) is 21.0. The first-order valence-electron chi connectivity index (χ1n) is 8.99. The minimum absolute atomic E-state index is 0.107. The summed E-state index contributed by atoms with van der Waals surface area (Å²) in [7, 11) is 0. The maximum atomic E-state index is 13.9. The lowest BCUT2D eigenvalue weighted by Crippen LogP contribution is -2.39. The molecule has 0 radical (unpaired) electrons. The molecule has 1 N–H and O–H groups in total. The molecule has 1 heterocycles. The van der Waals surface area contributed by atoms with Crippen molar-refractivity contribution in [3.63, 3.8) is 0 Å². The summed E-state index contributed by atoms with van der Waals surface area (Å²) in [5.74, 6) is 0.107. The number of hydrogen-bond donors (Lipinski definition) is 1. The number of imidazole rings is 1. The molecule has 3 heteroatoms. The van der Waals surface area contributed by atoms with Crippen LogP contribution in [0.1, 0.15) is 22.4 Å². The maximum Gasteiger partial charge on any atom is 0.158 e. The van der Waals surface area contributed by atoms with E-state index in [2.05, 4.69) is 9.97 Å². The molecule has 0 spiro atoms. The molecule has 0 saturated heterocycles. The predicted molar refractivity (Wildman–Crippen MR) is 107 cm³/mol. The van der Waals surface area contributed by atoms with Crippen LogP contribution in [0.2, 0.25) is 0 Å². The summed E-state index contributed by atoms with van der Waals surface area (Å²) in [6.07, 6.45) is 3.60. The van der Waals surface area contributed by atoms with E-state index in [-0.39, 0.29) is 12.2 Å². The second-order valence-electron chi connectivity index (χ2n) is 6.52. The molecular weight excluding hydrogens is 332 g/mol. The minimum Gasteiger partial charge on any atom is -0.348 e. The van der Waals surface area contributed by atoms with Crippen LogP contribution in [0.4, 0.5) is 0 Å². The van der Waals surface area contributed by atoms with E-state index >= 15 is 0 Å². The third-order valence-electron chi connectivity index (χ3n) is 4.94. The number of aromatic amines is 1. The normalized spacial score (nSPS) is 11.3. The summed E-state index contributed by atoms with van der Waals surface area (Å²) in [5.41, 5.74) is 2.83. The molecule has 132 valence electrons. The van der Waals surface area contributed by atoms with E-state index in [0.717, 1.165) is 22.4 Å². The van der Waals surface area contributed by atoms with E-state index in [0.29, 0.717) is 0 Å². The second-order valence-corrected chi connectivity index (χ2v) is 6.52. The lowest BCUT2D eigenvalue weighted by molar-refractivity contribution is -0.121. The Morgan fingerprint density at radius 3 is 1.56 bits per heavy atom. The standard InChI is InChI=1S/C24H20N2O/c27-23(16-22-17-25-18-26-22)24(19-10-4-1-5-11-19,20-12-6-2-7-13-20)21-14-8-3-9-15-21/h1-15,17-18H,16H2,(H,25,26). The Hall–Kier alpha value is -3.46. The molecular formula is C24H20N2O. The first kappa shape index (κ1) is 17.0. The van der Waals surface area contributed by atoms with Crippen LogP contribution in [0.5, 0.6) is 0 Å². The molecule has 4 rings (SSSR count). The van der Waals surface area contributed by atoms with Crippen LogP contribution in [-0.2, 0) is 16.6 Å². The molecule has 3 nitrogen and oxygen atoms in total. The minimum atomic E-state index is -0.880. The molecule has 0 aliphatic carbocycles. The number of carbonyl (C=O) groups excluding carboxylic acids is 1. The van der Waals surface area contributed by atoms with Gasteiger partial charge in [0.05, 0.1) is 6.33 Å². The topological polar surface area (TPSA) is 45.8 Å². The van der Waals surface area contributed by atoms with Gasteiger partial charge in [0, 0.05) is 18.3 Å². The van der Waals surface area contributed by atoms with Crippen LogP contribution in [0.3, 0.4) is 0 Å². The van der Waals surface area contributed by atoms with Gasteiger partial charge in [-0.05, 0) is 16.7 Å². The third kappa shape index (κ3) is 3.08. The number of ketones is 1. The molecule has 0 aliphatic rings. The zero-order valence-electron chi connectivity index (χ0n) is 14.9. The highest BCUT2D eigenvalue weighted by Gasteiger charge is 2.43. The largest absolute Gasteiger partial charge is 0.348 e. The van der Waals surface area contributed by atoms with E-state index in [1.807, 2.05) is 91.0 Å². The first-order chi connectivity index (χ1) is 13.3. The van der Waals surface area contributed by atoms with Gasteiger partial charge in [-0.25, -0.2) is 4.98 Å². The zero-order valence-corrected chi connectivity index (χ0v) is 14.9. The highest BCUT2D eigenvalue weighted by Crippen LogP contribution is 2.40. The number of hydrogen-bond acceptors (Lipinski definition) is 2. The average Bonchev–Trinajstić information content (AvgIpc) is 3.24. The van der Waals surface area contributed by atoms with Crippen LogP contribution in [0.25, 0.3) is 0 Å². The molecule has 3 aromatic carbocycles. The van der Waals surface area contributed by atoms with Gasteiger partial charge < -0.3 is 4.98 Å². The van der Waals surface area contributed by atoms with Gasteiger partial charge in [0.2, 0.25) is 0 Å². The highest BCUT2D eigenvalue weighted by molar-refractivity contribution is 5.98. The fourth-order valence-electron chi connectivity index (χ4n) is 3.73. The van der Waals surface area contributed by atoms with Crippen molar-refractivity contribution in [2.45, 2.75) is 11.8 Å². The van der Waals surface area contributed by atoms with Gasteiger partial charge in [0.1, 0.15) is 5.41 Å². The number of nitrogens with zero attached hydrogens (tertiary/aromatic N) is 1. The van der Waals surface area contributed by atoms with Gasteiger partial charge in [-0.3, -0.25) is 4.79 Å². The quantitative estimate of drug-likeness (QED) is 0.517. The number of aromatic nitrogens is 2. The summed E-state index contributed by atoms with van der Waals surface area (Å²) < 4.78 is 0. The van der Waals surface area contributed by atoms with Gasteiger partial charge in [-0.2, -0.15) is 0 Å². The number of rotatable bonds is 6. The van der Waals surface area contributed by atoms with Crippen molar-refractivity contribution >= 4 is 5.78 Å². The Morgan fingerprint density at radius 2 is 1.19 bits per heavy atom. The van der Waals surface area contributed by atoms with Crippen molar-refractivity contribution in [3.8, 4) is 0 Å². The fraction of sp³-hybridized carbons (Fsp3) is 0.0833. The molecule has 0 unspecified atom stereocenters. The van der Waals surface area contributed by atoms with Gasteiger partial charge in [0.25, 0.3) is 0 Å². The Bertz CT molecular complexity index is 898. The monoisotopic (exact) mass is 352 g/mol. The van der Waals surface area contributed by atoms with E-state index in [1.165, 1.54) is 0 Å². The Morgan fingerprint density at radius 1 is 0.741 bits per heavy atom. The molecule has 0 amide bonds. The second kappa shape index (κ2) is 7.42. The van der Waals surface area contributed by atoms with E-state index in [4.69, 9.17) is 0 Å². The lowest BCUT2D eigenvalue weighted by Gasteiger charge is -2.34. The fourth-order valence-corrected chi connectivity index (χ4v) is 3.73. The van der Waals surface area contributed by atoms with E-state index < -0.39 is 5.41 Å². The van der Waals surface area contributed by atoms with Crippen LogP contribution in [-0.4, -0.2) is 15.8 Å². The average molecular weight is 352 g/mol. The molecule has 27 heavy (non-hydrogen) atoms. The number of nitrogens with one attached hydrogen (secondary N) is 1. The van der Waals surface area contributed by atoms with Crippen LogP contribution in [0, 0.1) is 0 Å². The molecule has 0 bridgehead atoms. The van der Waals surface area contributed by atoms with Crippen LogP contribution < -0.4 is 0 Å². The summed E-state index contributed by atoms with van der Waals surface area (Å²) >= 11 is 0. The number of benzene rings is 3. The smallest absolute Gasteiger partial charge is 0.158 e. The summed E-state index contributed by atoms with van der Waals surface area (Å²) in [5, 5.41) is 0. The Kier molecular flexibility index (Phi) is 4.67. The molecule has 0 fully saturated rings. The van der Waals surface area contributed by atoms with Crippen molar-refractivity contribution in [2.24, 2.45) is 0 Å². The Labute approximate surface area is 158 Å². The van der Waals surface area contributed by atoms with Gasteiger partial charge in [-0.15, -0.1) is 0 Å². The van der Waals surface area contributed by atoms with Crippen molar-refractivity contribution in [1.29, 1.82) is 0 Å². The van der Waals surface area contributed by atoms with E-state index in [1.54, 1.807) is 12.5 Å². The van der Waals surface area contributed by atoms with Crippen molar-refractivity contribution < 1.29 is 4.79 Å². The third-order valence-corrected chi connectivity index (χ3v) is 4.94. The van der Waals surface area contributed by atoms with Crippen molar-refractivity contribution in [3.05, 3.63) is 126 Å². The first-order valence-corrected chi connectivity index (χ1v) is 8.99. The molecule has 0 aliphatic heterocycles. The molecule has 0 saturated carbocycles. The molecule has 4 aromatic rings. The predicted octanol–water partition coefficient (Wildman–Crippen LogP) is 4.56. The van der Waals surface area contributed by atoms with E-state index in [9.17, 15) is 4.79 Å². The van der Waals surface area contributed by atoms with Gasteiger partial charge >= 0.3 is 0 Å². The lowest BCUT2D eigenvalue weighted by atomic mass is 9.66. The van der Waals surface area contributed by atoms with Gasteiger partial charge in [0.15, 0.2) is 5.78 Å². The molecule has 1 aromatic heterocycles. The zero-order chi connectivity index (χ0) is 18.5. The number of carbonyl (C=O) groups is 1.